The van der Waals surface area contributed by atoms with Gasteiger partial charge in [-0.15, -0.1) is 0 Å². The third kappa shape index (κ3) is 4.35. The number of phenolic OH excluding ortho intramolecular Hbond substituents is 1. The molecule has 0 radical (unpaired) electrons. The summed E-state index contributed by atoms with van der Waals surface area (Å²) in [5, 5.41) is 13.3. The molecule has 0 saturated carbocycles. The number of carbonyl (C=O) groups excluding carboxylic acids is 1. The Hall–Kier alpha value is -4.26. The Bertz CT molecular complexity index is 1310. The molecule has 0 bridgehead atoms. The number of benzene rings is 3. The summed E-state index contributed by atoms with van der Waals surface area (Å²) in [5.41, 5.74) is 1.85. The normalized spacial score (nSPS) is 11.4. The van der Waals surface area contributed by atoms with E-state index in [0.29, 0.717) is 33.8 Å². The second-order valence-corrected chi connectivity index (χ2v) is 6.65. The number of nitrogens with zero attached hydrogens (tertiary/aromatic N) is 1. The number of rotatable bonds is 5. The summed E-state index contributed by atoms with van der Waals surface area (Å²) in [6.45, 7) is 0. The Balaban J connectivity index is 1.83. The highest BCUT2D eigenvalue weighted by molar-refractivity contribution is 6.06. The average molecular weight is 416 g/mol. The zero-order chi connectivity index (χ0) is 21.8. The summed E-state index contributed by atoms with van der Waals surface area (Å²) >= 11 is 0. The molecular weight excluding hydrogens is 396 g/mol. The van der Waals surface area contributed by atoms with Crippen LogP contribution in [0.25, 0.3) is 11.0 Å². The van der Waals surface area contributed by atoms with Gasteiger partial charge in [-0.2, -0.15) is 0 Å². The monoisotopic (exact) mass is 416 g/mol. The number of nitrogens with one attached hydrogen (secondary N) is 1. The first-order valence-electron chi connectivity index (χ1n) is 9.47. The van der Waals surface area contributed by atoms with E-state index in [0.717, 1.165) is 0 Å². The summed E-state index contributed by atoms with van der Waals surface area (Å²) in [6, 6.07) is 20.5. The number of hydrogen-bond acceptors (Lipinski definition) is 6. The van der Waals surface area contributed by atoms with E-state index in [1.54, 1.807) is 61.7 Å². The minimum Gasteiger partial charge on any atom is -0.508 e. The fourth-order valence-electron chi connectivity index (χ4n) is 3.06. The molecular formula is C24H20N2O5. The summed E-state index contributed by atoms with van der Waals surface area (Å²) < 4.78 is 16.4. The van der Waals surface area contributed by atoms with Crippen molar-refractivity contribution >= 4 is 28.3 Å². The standard InChI is InChI=1S/C24H20N2O5/c1-29-18-11-8-16(9-12-18)25-24-19(13-15-7-10-17(27)14-22(15)31-24)23(28)26-20-5-3-4-6-21(20)30-2/h3-14,27H,1-2H3,(H,26,28). The lowest BCUT2D eigenvalue weighted by Gasteiger charge is -2.10. The minimum atomic E-state index is -0.407. The number of fused-ring (bicyclic) bond motifs is 1. The summed E-state index contributed by atoms with van der Waals surface area (Å²) in [6.07, 6.45) is 0. The lowest BCUT2D eigenvalue weighted by molar-refractivity contribution is 0.102. The van der Waals surface area contributed by atoms with E-state index in [-0.39, 0.29) is 16.9 Å². The molecule has 0 aliphatic carbocycles. The molecule has 4 rings (SSSR count). The number of aromatic hydroxyl groups is 1. The Labute approximate surface area is 178 Å². The zero-order valence-electron chi connectivity index (χ0n) is 17.0. The van der Waals surface area contributed by atoms with Crippen molar-refractivity contribution in [1.82, 2.24) is 0 Å². The lowest BCUT2D eigenvalue weighted by atomic mass is 10.1. The molecule has 0 unspecified atom stereocenters. The predicted molar refractivity (Wildman–Crippen MR) is 117 cm³/mol. The zero-order valence-corrected chi connectivity index (χ0v) is 17.0. The van der Waals surface area contributed by atoms with Gasteiger partial charge in [-0.05, 0) is 54.6 Å². The minimum absolute atomic E-state index is 0.0536. The van der Waals surface area contributed by atoms with Gasteiger partial charge in [0.15, 0.2) is 0 Å². The first-order chi connectivity index (χ1) is 15.1. The van der Waals surface area contributed by atoms with Crippen LogP contribution in [0, 0.1) is 0 Å². The highest BCUT2D eigenvalue weighted by Crippen LogP contribution is 2.25. The Kier molecular flexibility index (Phi) is 5.57. The van der Waals surface area contributed by atoms with E-state index in [2.05, 4.69) is 10.3 Å². The van der Waals surface area contributed by atoms with Gasteiger partial charge in [0, 0.05) is 11.5 Å². The van der Waals surface area contributed by atoms with E-state index in [4.69, 9.17) is 13.9 Å². The molecule has 7 nitrogen and oxygen atoms in total. The molecule has 2 N–H and O–H groups in total. The maximum absolute atomic E-state index is 13.1. The first kappa shape index (κ1) is 20.0. The highest BCUT2D eigenvalue weighted by Gasteiger charge is 2.15. The Morgan fingerprint density at radius 1 is 0.968 bits per heavy atom. The molecule has 3 aromatic carbocycles. The third-order valence-electron chi connectivity index (χ3n) is 4.64. The number of ether oxygens (including phenoxy) is 2. The van der Waals surface area contributed by atoms with Crippen molar-refractivity contribution in [3.8, 4) is 17.2 Å². The van der Waals surface area contributed by atoms with Crippen molar-refractivity contribution in [2.75, 3.05) is 19.5 Å². The van der Waals surface area contributed by atoms with Crippen molar-refractivity contribution in [3.05, 3.63) is 83.9 Å². The molecule has 0 fully saturated rings. The van der Waals surface area contributed by atoms with Crippen molar-refractivity contribution < 1.29 is 23.8 Å². The van der Waals surface area contributed by atoms with Crippen LogP contribution in [0.1, 0.15) is 10.4 Å². The van der Waals surface area contributed by atoms with Gasteiger partial charge in [0.25, 0.3) is 5.91 Å². The summed E-state index contributed by atoms with van der Waals surface area (Å²) in [7, 11) is 3.12. The molecule has 0 saturated heterocycles. The number of methoxy groups -OCH3 is 2. The van der Waals surface area contributed by atoms with Crippen LogP contribution in [-0.4, -0.2) is 25.2 Å². The topological polar surface area (TPSA) is 93.3 Å². The van der Waals surface area contributed by atoms with Crippen molar-refractivity contribution in [1.29, 1.82) is 0 Å². The second kappa shape index (κ2) is 8.62. The van der Waals surface area contributed by atoms with Crippen molar-refractivity contribution in [2.45, 2.75) is 0 Å². The van der Waals surface area contributed by atoms with Crippen LogP contribution in [0.4, 0.5) is 11.4 Å². The molecule has 0 aliphatic rings. The van der Waals surface area contributed by atoms with Gasteiger partial charge in [0.2, 0.25) is 5.55 Å². The summed E-state index contributed by atoms with van der Waals surface area (Å²) in [5.74, 6) is 0.869. The number of anilines is 1. The van der Waals surface area contributed by atoms with E-state index in [1.165, 1.54) is 19.2 Å². The van der Waals surface area contributed by atoms with Gasteiger partial charge in [0.1, 0.15) is 28.4 Å². The van der Waals surface area contributed by atoms with Crippen LogP contribution in [0.15, 0.2) is 82.2 Å². The van der Waals surface area contributed by atoms with Crippen molar-refractivity contribution in [2.24, 2.45) is 4.99 Å². The van der Waals surface area contributed by atoms with Gasteiger partial charge >= 0.3 is 0 Å². The van der Waals surface area contributed by atoms with E-state index >= 15 is 0 Å². The highest BCUT2D eigenvalue weighted by atomic mass is 16.5. The van der Waals surface area contributed by atoms with Crippen LogP contribution in [0.2, 0.25) is 0 Å². The maximum Gasteiger partial charge on any atom is 0.261 e. The molecule has 156 valence electrons. The van der Waals surface area contributed by atoms with Gasteiger partial charge in [-0.3, -0.25) is 4.79 Å². The van der Waals surface area contributed by atoms with Crippen LogP contribution in [-0.2, 0) is 0 Å². The van der Waals surface area contributed by atoms with Gasteiger partial charge in [0.05, 0.1) is 25.6 Å². The third-order valence-corrected chi connectivity index (χ3v) is 4.64. The maximum atomic E-state index is 13.1. The molecule has 0 atom stereocenters. The molecule has 1 heterocycles. The number of carbonyl (C=O) groups is 1. The van der Waals surface area contributed by atoms with Crippen LogP contribution < -0.4 is 20.3 Å². The molecule has 4 aromatic rings. The Morgan fingerprint density at radius 3 is 2.48 bits per heavy atom. The van der Waals surface area contributed by atoms with Crippen LogP contribution in [0.3, 0.4) is 0 Å². The van der Waals surface area contributed by atoms with Crippen molar-refractivity contribution in [3.63, 3.8) is 0 Å². The number of para-hydroxylation sites is 2. The molecule has 31 heavy (non-hydrogen) atoms. The smallest absolute Gasteiger partial charge is 0.261 e. The predicted octanol–water partition coefficient (Wildman–Crippen LogP) is 4.64. The Morgan fingerprint density at radius 2 is 1.74 bits per heavy atom. The fourth-order valence-corrected chi connectivity index (χ4v) is 3.06. The van der Waals surface area contributed by atoms with Crippen LogP contribution in [0.5, 0.6) is 17.2 Å². The SMILES string of the molecule is COc1ccc(N=c2oc3cc(O)ccc3cc2C(=O)Nc2ccccc2OC)cc1. The number of phenols is 1. The molecule has 0 spiro atoms. The van der Waals surface area contributed by atoms with E-state index in [9.17, 15) is 9.90 Å². The van der Waals surface area contributed by atoms with E-state index < -0.39 is 5.91 Å². The lowest BCUT2D eigenvalue weighted by Crippen LogP contribution is -2.21. The quantitative estimate of drug-likeness (QED) is 0.494. The van der Waals surface area contributed by atoms with Gasteiger partial charge in [-0.25, -0.2) is 4.99 Å². The summed E-state index contributed by atoms with van der Waals surface area (Å²) in [4.78, 5) is 17.7. The fraction of sp³-hybridized carbons (Fsp3) is 0.0833. The van der Waals surface area contributed by atoms with Gasteiger partial charge in [-0.1, -0.05) is 12.1 Å². The average Bonchev–Trinajstić information content (AvgIpc) is 2.79. The molecule has 7 heteroatoms. The molecule has 1 aromatic heterocycles. The first-order valence-corrected chi connectivity index (χ1v) is 9.47. The van der Waals surface area contributed by atoms with E-state index in [1.807, 2.05) is 6.07 Å². The largest absolute Gasteiger partial charge is 0.508 e. The second-order valence-electron chi connectivity index (χ2n) is 6.65. The van der Waals surface area contributed by atoms with Gasteiger partial charge < -0.3 is 24.3 Å². The molecule has 0 aliphatic heterocycles. The molecule has 1 amide bonds. The number of amides is 1. The van der Waals surface area contributed by atoms with Crippen LogP contribution >= 0.6 is 0 Å². The number of hydrogen-bond donors (Lipinski definition) is 2.